The molecule has 0 saturated carbocycles. The minimum Gasteiger partial charge on any atom is -0.493 e. The number of carbonyl (C=O) groups is 1. The first-order valence-corrected chi connectivity index (χ1v) is 8.62. The van der Waals surface area contributed by atoms with Crippen LogP contribution in [-0.2, 0) is 11.3 Å². The number of aromatic nitrogens is 3. The smallest absolute Gasteiger partial charge is 0.244 e. The molecule has 1 amide bonds. The van der Waals surface area contributed by atoms with E-state index < -0.39 is 0 Å². The number of H-pyrrole nitrogens is 1. The van der Waals surface area contributed by atoms with Crippen LogP contribution in [0.2, 0.25) is 0 Å². The molecule has 0 aliphatic heterocycles. The van der Waals surface area contributed by atoms with Gasteiger partial charge in [0.1, 0.15) is 6.54 Å². The summed E-state index contributed by atoms with van der Waals surface area (Å²) in [7, 11) is 3.10. The normalized spacial score (nSPS) is 10.5. The summed E-state index contributed by atoms with van der Waals surface area (Å²) in [5.74, 6) is 1.56. The largest absolute Gasteiger partial charge is 0.493 e. The monoisotopic (exact) mass is 376 g/mol. The molecule has 0 spiro atoms. The van der Waals surface area contributed by atoms with Crippen molar-refractivity contribution in [2.45, 2.75) is 6.54 Å². The van der Waals surface area contributed by atoms with Crippen molar-refractivity contribution in [1.82, 2.24) is 14.8 Å². The Kier molecular flexibility index (Phi) is 5.15. The van der Waals surface area contributed by atoms with E-state index in [-0.39, 0.29) is 12.5 Å². The maximum Gasteiger partial charge on any atom is 0.244 e. The molecule has 0 saturated heterocycles. The van der Waals surface area contributed by atoms with Crippen molar-refractivity contribution in [3.05, 3.63) is 40.5 Å². The third-order valence-corrected chi connectivity index (χ3v) is 4.65. The van der Waals surface area contributed by atoms with Gasteiger partial charge in [0.15, 0.2) is 22.1 Å². The van der Waals surface area contributed by atoms with E-state index in [0.29, 0.717) is 27.8 Å². The molecule has 0 unspecified atom stereocenters. The third kappa shape index (κ3) is 3.72. The van der Waals surface area contributed by atoms with Gasteiger partial charge in [0.25, 0.3) is 0 Å². The summed E-state index contributed by atoms with van der Waals surface area (Å²) >= 11 is 6.77. The molecule has 0 atom stereocenters. The summed E-state index contributed by atoms with van der Waals surface area (Å²) in [6.45, 7) is 0.0525. The van der Waals surface area contributed by atoms with Gasteiger partial charge in [-0.05, 0) is 35.8 Å². The highest BCUT2D eigenvalue weighted by molar-refractivity contribution is 7.71. The van der Waals surface area contributed by atoms with Crippen molar-refractivity contribution in [2.24, 2.45) is 0 Å². The number of ether oxygens (including phenoxy) is 2. The number of thiophene rings is 1. The van der Waals surface area contributed by atoms with Crippen LogP contribution in [0.1, 0.15) is 0 Å². The highest BCUT2D eigenvalue weighted by Crippen LogP contribution is 2.29. The van der Waals surface area contributed by atoms with E-state index in [1.807, 2.05) is 17.5 Å². The van der Waals surface area contributed by atoms with Crippen LogP contribution in [0.3, 0.4) is 0 Å². The van der Waals surface area contributed by atoms with Crippen molar-refractivity contribution in [1.29, 1.82) is 0 Å². The van der Waals surface area contributed by atoms with E-state index in [9.17, 15) is 4.79 Å². The second-order valence-electron chi connectivity index (χ2n) is 5.03. The van der Waals surface area contributed by atoms with E-state index in [2.05, 4.69) is 15.5 Å². The van der Waals surface area contributed by atoms with Crippen molar-refractivity contribution >= 4 is 35.1 Å². The molecule has 2 heterocycles. The number of hydrogen-bond donors (Lipinski definition) is 2. The quantitative estimate of drug-likeness (QED) is 0.645. The van der Waals surface area contributed by atoms with Gasteiger partial charge in [-0.15, -0.1) is 11.3 Å². The number of benzene rings is 1. The molecular formula is C16H16N4O3S2. The van der Waals surface area contributed by atoms with Crippen molar-refractivity contribution in [3.8, 4) is 22.2 Å². The number of nitrogens with one attached hydrogen (secondary N) is 2. The Morgan fingerprint density at radius 3 is 2.80 bits per heavy atom. The highest BCUT2D eigenvalue weighted by Gasteiger charge is 2.14. The molecule has 7 nitrogen and oxygen atoms in total. The second kappa shape index (κ2) is 7.49. The number of aromatic amines is 1. The van der Waals surface area contributed by atoms with Crippen molar-refractivity contribution in [2.75, 3.05) is 19.5 Å². The van der Waals surface area contributed by atoms with Crippen LogP contribution < -0.4 is 14.8 Å². The van der Waals surface area contributed by atoms with Crippen LogP contribution in [0.5, 0.6) is 11.5 Å². The van der Waals surface area contributed by atoms with Gasteiger partial charge in [-0.2, -0.15) is 5.10 Å². The van der Waals surface area contributed by atoms with Crippen LogP contribution in [0.25, 0.3) is 10.7 Å². The molecule has 9 heteroatoms. The maximum absolute atomic E-state index is 12.4. The average Bonchev–Trinajstić information content (AvgIpc) is 3.25. The molecule has 2 N–H and O–H groups in total. The Hall–Kier alpha value is -2.65. The molecule has 1 aromatic carbocycles. The van der Waals surface area contributed by atoms with Crippen molar-refractivity contribution in [3.63, 3.8) is 0 Å². The van der Waals surface area contributed by atoms with E-state index in [1.54, 1.807) is 37.0 Å². The molecule has 130 valence electrons. The standard InChI is InChI=1S/C16H16N4O3S2/c1-22-11-6-5-10(8-12(11)23-2)17-14(21)9-20-15(18-19-16(20)24)13-4-3-7-25-13/h3-8H,9H2,1-2H3,(H,17,21)(H,19,24). The highest BCUT2D eigenvalue weighted by atomic mass is 32.1. The summed E-state index contributed by atoms with van der Waals surface area (Å²) in [6, 6.07) is 9.03. The van der Waals surface area contributed by atoms with Crippen LogP contribution in [0, 0.1) is 4.77 Å². The lowest BCUT2D eigenvalue weighted by Crippen LogP contribution is -2.19. The molecular weight excluding hydrogens is 360 g/mol. The van der Waals surface area contributed by atoms with Gasteiger partial charge in [-0.3, -0.25) is 14.5 Å². The second-order valence-corrected chi connectivity index (χ2v) is 6.37. The van der Waals surface area contributed by atoms with E-state index in [4.69, 9.17) is 21.7 Å². The summed E-state index contributed by atoms with van der Waals surface area (Å²) in [5.41, 5.74) is 0.607. The number of amides is 1. The Morgan fingerprint density at radius 1 is 1.32 bits per heavy atom. The zero-order valence-corrected chi connectivity index (χ0v) is 15.2. The predicted molar refractivity (Wildman–Crippen MR) is 98.9 cm³/mol. The molecule has 25 heavy (non-hydrogen) atoms. The number of rotatable bonds is 6. The van der Waals surface area contributed by atoms with Crippen LogP contribution >= 0.6 is 23.6 Å². The minimum absolute atomic E-state index is 0.0525. The van der Waals surface area contributed by atoms with Gasteiger partial charge in [-0.25, -0.2) is 0 Å². The molecule has 0 aliphatic rings. The van der Waals surface area contributed by atoms with Gasteiger partial charge in [-0.1, -0.05) is 6.07 Å². The van der Waals surface area contributed by atoms with Crippen LogP contribution in [0.15, 0.2) is 35.7 Å². The first kappa shape index (κ1) is 17.2. The molecule has 0 fully saturated rings. The predicted octanol–water partition coefficient (Wildman–Crippen LogP) is 3.33. The first-order valence-electron chi connectivity index (χ1n) is 7.33. The van der Waals surface area contributed by atoms with E-state index >= 15 is 0 Å². The SMILES string of the molecule is COc1ccc(NC(=O)Cn2c(-c3cccs3)n[nH]c2=S)cc1OC. The Bertz CT molecular complexity index is 931. The molecule has 0 aliphatic carbocycles. The summed E-state index contributed by atoms with van der Waals surface area (Å²) in [5, 5.41) is 11.7. The fraction of sp³-hybridized carbons (Fsp3) is 0.188. The molecule has 0 radical (unpaired) electrons. The number of methoxy groups -OCH3 is 2. The summed E-state index contributed by atoms with van der Waals surface area (Å²) in [4.78, 5) is 13.4. The van der Waals surface area contributed by atoms with Gasteiger partial charge in [0.2, 0.25) is 5.91 Å². The lowest BCUT2D eigenvalue weighted by atomic mass is 10.2. The number of hydrogen-bond acceptors (Lipinski definition) is 6. The van der Waals surface area contributed by atoms with Gasteiger partial charge >= 0.3 is 0 Å². The van der Waals surface area contributed by atoms with Gasteiger partial charge < -0.3 is 14.8 Å². The molecule has 2 aromatic heterocycles. The van der Waals surface area contributed by atoms with Crippen LogP contribution in [-0.4, -0.2) is 34.9 Å². The lowest BCUT2D eigenvalue weighted by molar-refractivity contribution is -0.116. The van der Waals surface area contributed by atoms with E-state index in [1.165, 1.54) is 11.3 Å². The van der Waals surface area contributed by atoms with Gasteiger partial charge in [0, 0.05) is 11.8 Å². The molecule has 3 aromatic rings. The minimum atomic E-state index is -0.220. The summed E-state index contributed by atoms with van der Waals surface area (Å²) < 4.78 is 12.5. The van der Waals surface area contributed by atoms with Crippen molar-refractivity contribution < 1.29 is 14.3 Å². The molecule has 3 rings (SSSR count). The Balaban J connectivity index is 1.78. The zero-order valence-electron chi connectivity index (χ0n) is 13.6. The van der Waals surface area contributed by atoms with Crippen LogP contribution in [0.4, 0.5) is 5.69 Å². The lowest BCUT2D eigenvalue weighted by Gasteiger charge is -2.11. The number of anilines is 1. The Morgan fingerprint density at radius 2 is 2.12 bits per heavy atom. The first-order chi connectivity index (χ1) is 12.1. The van der Waals surface area contributed by atoms with Gasteiger partial charge in [0.05, 0.1) is 19.1 Å². The number of nitrogens with zero attached hydrogens (tertiary/aromatic N) is 2. The zero-order chi connectivity index (χ0) is 17.8. The number of carbonyl (C=O) groups excluding carboxylic acids is 1. The fourth-order valence-corrected chi connectivity index (χ4v) is 3.24. The van der Waals surface area contributed by atoms with E-state index in [0.717, 1.165) is 4.88 Å². The topological polar surface area (TPSA) is 81.2 Å². The average molecular weight is 376 g/mol. The summed E-state index contributed by atoms with van der Waals surface area (Å²) in [6.07, 6.45) is 0. The Labute approximate surface area is 153 Å². The fourth-order valence-electron chi connectivity index (χ4n) is 2.32. The third-order valence-electron chi connectivity index (χ3n) is 3.47. The molecule has 0 bridgehead atoms. The maximum atomic E-state index is 12.4.